The molecular weight excluding hydrogens is 275 g/mol. The summed E-state index contributed by atoms with van der Waals surface area (Å²) < 4.78 is 13.3. The quantitative estimate of drug-likeness (QED) is 0.690. The third kappa shape index (κ3) is 3.17. The molecule has 0 saturated carbocycles. The molecule has 0 spiro atoms. The van der Waals surface area contributed by atoms with Crippen LogP contribution in [0.25, 0.3) is 0 Å². The van der Waals surface area contributed by atoms with Gasteiger partial charge in [0, 0.05) is 18.8 Å². The van der Waals surface area contributed by atoms with Crippen molar-refractivity contribution in [3.8, 4) is 0 Å². The Balaban J connectivity index is 2.50. The molecule has 0 fully saturated rings. The molecule has 0 unspecified atom stereocenters. The van der Waals surface area contributed by atoms with Gasteiger partial charge in [0.25, 0.3) is 5.69 Å². The SMILES string of the molecule is C[C@@H](O)c1ccc(N(C)c2cccc(F)c2)c([N+](=O)[O-])c1. The van der Waals surface area contributed by atoms with Crippen LogP contribution in [0, 0.1) is 15.9 Å². The summed E-state index contributed by atoms with van der Waals surface area (Å²) in [4.78, 5) is 12.2. The molecule has 1 N–H and O–H groups in total. The molecular formula is C15H15FN2O3. The van der Waals surface area contributed by atoms with E-state index in [1.165, 1.54) is 36.1 Å². The van der Waals surface area contributed by atoms with E-state index in [1.54, 1.807) is 25.2 Å². The standard InChI is InChI=1S/C15H15FN2O3/c1-10(19)11-6-7-14(15(8-11)18(20)21)17(2)13-5-3-4-12(16)9-13/h3-10,19H,1-2H3/t10-/m1/s1. The van der Waals surface area contributed by atoms with Gasteiger partial charge in [-0.3, -0.25) is 10.1 Å². The van der Waals surface area contributed by atoms with Crippen molar-refractivity contribution in [2.45, 2.75) is 13.0 Å². The van der Waals surface area contributed by atoms with E-state index in [2.05, 4.69) is 0 Å². The number of aliphatic hydroxyl groups is 1. The Kier molecular flexibility index (Phi) is 4.18. The predicted molar refractivity (Wildman–Crippen MR) is 78.2 cm³/mol. The molecule has 110 valence electrons. The van der Waals surface area contributed by atoms with E-state index < -0.39 is 16.8 Å². The van der Waals surface area contributed by atoms with Gasteiger partial charge in [-0.15, -0.1) is 0 Å². The van der Waals surface area contributed by atoms with E-state index in [-0.39, 0.29) is 5.69 Å². The fourth-order valence-corrected chi connectivity index (χ4v) is 2.05. The van der Waals surface area contributed by atoms with Crippen LogP contribution in [-0.4, -0.2) is 17.1 Å². The Morgan fingerprint density at radius 2 is 2.00 bits per heavy atom. The minimum Gasteiger partial charge on any atom is -0.389 e. The first-order valence-corrected chi connectivity index (χ1v) is 6.36. The average Bonchev–Trinajstić information content (AvgIpc) is 2.45. The smallest absolute Gasteiger partial charge is 0.293 e. The summed E-state index contributed by atoms with van der Waals surface area (Å²) in [7, 11) is 1.62. The molecule has 0 bridgehead atoms. The van der Waals surface area contributed by atoms with Gasteiger partial charge < -0.3 is 10.0 Å². The van der Waals surface area contributed by atoms with Crippen LogP contribution in [0.5, 0.6) is 0 Å². The molecule has 6 heteroatoms. The zero-order chi connectivity index (χ0) is 15.6. The Morgan fingerprint density at radius 3 is 2.57 bits per heavy atom. The number of nitro benzene ring substituents is 1. The number of nitro groups is 1. The van der Waals surface area contributed by atoms with E-state index in [1.807, 2.05) is 0 Å². The van der Waals surface area contributed by atoms with Crippen molar-refractivity contribution in [2.24, 2.45) is 0 Å². The molecule has 0 amide bonds. The lowest BCUT2D eigenvalue weighted by molar-refractivity contribution is -0.384. The maximum absolute atomic E-state index is 13.3. The number of halogens is 1. The number of nitrogens with zero attached hydrogens (tertiary/aromatic N) is 2. The van der Waals surface area contributed by atoms with Crippen molar-refractivity contribution >= 4 is 17.1 Å². The summed E-state index contributed by atoms with van der Waals surface area (Å²) >= 11 is 0. The third-order valence-corrected chi connectivity index (χ3v) is 3.24. The zero-order valence-corrected chi connectivity index (χ0v) is 11.7. The molecule has 0 aliphatic rings. The van der Waals surface area contributed by atoms with Crippen LogP contribution in [0.1, 0.15) is 18.6 Å². The van der Waals surface area contributed by atoms with Crippen LogP contribution in [-0.2, 0) is 0 Å². The number of hydrogen-bond acceptors (Lipinski definition) is 4. The lowest BCUT2D eigenvalue weighted by atomic mass is 10.1. The number of anilines is 2. The second-order valence-corrected chi connectivity index (χ2v) is 4.72. The summed E-state index contributed by atoms with van der Waals surface area (Å²) in [5, 5.41) is 20.7. The molecule has 2 rings (SSSR count). The molecule has 0 radical (unpaired) electrons. The topological polar surface area (TPSA) is 66.6 Å². The lowest BCUT2D eigenvalue weighted by Crippen LogP contribution is -2.12. The Morgan fingerprint density at radius 1 is 1.29 bits per heavy atom. The second kappa shape index (κ2) is 5.88. The first-order valence-electron chi connectivity index (χ1n) is 6.36. The Labute approximate surface area is 121 Å². The lowest BCUT2D eigenvalue weighted by Gasteiger charge is -2.20. The van der Waals surface area contributed by atoms with E-state index >= 15 is 0 Å². The number of aliphatic hydroxyl groups excluding tert-OH is 1. The van der Waals surface area contributed by atoms with Gasteiger partial charge >= 0.3 is 0 Å². The van der Waals surface area contributed by atoms with E-state index in [0.29, 0.717) is 16.9 Å². The summed E-state index contributed by atoms with van der Waals surface area (Å²) in [6, 6.07) is 10.3. The van der Waals surface area contributed by atoms with Gasteiger partial charge in [-0.25, -0.2) is 4.39 Å². The van der Waals surface area contributed by atoms with Gasteiger partial charge in [0.05, 0.1) is 11.0 Å². The molecule has 0 saturated heterocycles. The summed E-state index contributed by atoms with van der Waals surface area (Å²) in [5.74, 6) is -0.414. The number of hydrogen-bond donors (Lipinski definition) is 1. The maximum Gasteiger partial charge on any atom is 0.293 e. The molecule has 2 aromatic carbocycles. The number of benzene rings is 2. The highest BCUT2D eigenvalue weighted by atomic mass is 19.1. The van der Waals surface area contributed by atoms with Gasteiger partial charge in [-0.2, -0.15) is 0 Å². The van der Waals surface area contributed by atoms with Crippen LogP contribution in [0.15, 0.2) is 42.5 Å². The fraction of sp³-hybridized carbons (Fsp3) is 0.200. The highest BCUT2D eigenvalue weighted by Crippen LogP contribution is 2.34. The summed E-state index contributed by atoms with van der Waals surface area (Å²) in [6.07, 6.45) is -0.794. The average molecular weight is 290 g/mol. The predicted octanol–water partition coefficient (Wildman–Crippen LogP) is 3.56. The molecule has 0 heterocycles. The molecule has 21 heavy (non-hydrogen) atoms. The number of rotatable bonds is 4. The van der Waals surface area contributed by atoms with Gasteiger partial charge in [-0.05, 0) is 36.8 Å². The van der Waals surface area contributed by atoms with Crippen LogP contribution >= 0.6 is 0 Å². The summed E-state index contributed by atoms with van der Waals surface area (Å²) in [5.41, 5.74) is 1.15. The third-order valence-electron chi connectivity index (χ3n) is 3.24. The minimum absolute atomic E-state index is 0.139. The van der Waals surface area contributed by atoms with Gasteiger partial charge in [0.1, 0.15) is 11.5 Å². The molecule has 2 aromatic rings. The van der Waals surface area contributed by atoms with E-state index in [4.69, 9.17) is 0 Å². The molecule has 0 aromatic heterocycles. The van der Waals surface area contributed by atoms with Gasteiger partial charge in [0.15, 0.2) is 0 Å². The van der Waals surface area contributed by atoms with Crippen molar-refractivity contribution in [3.05, 3.63) is 64.0 Å². The molecule has 1 atom stereocenters. The minimum atomic E-state index is -0.794. The first-order chi connectivity index (χ1) is 9.90. The second-order valence-electron chi connectivity index (χ2n) is 4.72. The van der Waals surface area contributed by atoms with Crippen molar-refractivity contribution < 1.29 is 14.4 Å². The molecule has 5 nitrogen and oxygen atoms in total. The highest BCUT2D eigenvalue weighted by Gasteiger charge is 2.20. The normalized spacial score (nSPS) is 12.0. The van der Waals surface area contributed by atoms with Crippen molar-refractivity contribution in [2.75, 3.05) is 11.9 Å². The highest BCUT2D eigenvalue weighted by molar-refractivity contribution is 5.72. The van der Waals surface area contributed by atoms with E-state index in [9.17, 15) is 19.6 Å². The van der Waals surface area contributed by atoms with Crippen LogP contribution in [0.4, 0.5) is 21.5 Å². The maximum atomic E-state index is 13.3. The molecule has 0 aliphatic heterocycles. The van der Waals surface area contributed by atoms with Crippen molar-refractivity contribution in [3.63, 3.8) is 0 Å². The van der Waals surface area contributed by atoms with Gasteiger partial charge in [-0.1, -0.05) is 12.1 Å². The van der Waals surface area contributed by atoms with Crippen LogP contribution < -0.4 is 4.90 Å². The van der Waals surface area contributed by atoms with Gasteiger partial charge in [0.2, 0.25) is 0 Å². The van der Waals surface area contributed by atoms with E-state index in [0.717, 1.165) is 0 Å². The Bertz CT molecular complexity index is 674. The molecule has 0 aliphatic carbocycles. The van der Waals surface area contributed by atoms with Crippen LogP contribution in [0.3, 0.4) is 0 Å². The fourth-order valence-electron chi connectivity index (χ4n) is 2.05. The van der Waals surface area contributed by atoms with Crippen LogP contribution in [0.2, 0.25) is 0 Å². The zero-order valence-electron chi connectivity index (χ0n) is 11.7. The van der Waals surface area contributed by atoms with Crippen molar-refractivity contribution in [1.29, 1.82) is 0 Å². The largest absolute Gasteiger partial charge is 0.389 e. The first kappa shape index (κ1) is 14.9. The monoisotopic (exact) mass is 290 g/mol. The van der Waals surface area contributed by atoms with Crippen molar-refractivity contribution in [1.82, 2.24) is 0 Å². The Hall–Kier alpha value is -2.47. The summed E-state index contributed by atoms with van der Waals surface area (Å²) in [6.45, 7) is 1.54.